The molecule has 0 fully saturated rings. The molecule has 0 aliphatic heterocycles. The van der Waals surface area contributed by atoms with Crippen molar-refractivity contribution in [1.29, 1.82) is 0 Å². The predicted octanol–water partition coefficient (Wildman–Crippen LogP) is 2.62. The second kappa shape index (κ2) is 6.21. The van der Waals surface area contributed by atoms with Crippen LogP contribution < -0.4 is 5.32 Å². The predicted molar refractivity (Wildman–Crippen MR) is 69.7 cm³/mol. The molecule has 1 N–H and O–H groups in total. The van der Waals surface area contributed by atoms with Gasteiger partial charge in [-0.2, -0.15) is 5.10 Å². The summed E-state index contributed by atoms with van der Waals surface area (Å²) in [6.45, 7) is 4.06. The molecule has 3 heteroatoms. The van der Waals surface area contributed by atoms with E-state index in [1.807, 2.05) is 23.1 Å². The van der Waals surface area contributed by atoms with Crippen LogP contribution in [0, 0.1) is 0 Å². The summed E-state index contributed by atoms with van der Waals surface area (Å²) in [6, 6.07) is 13.0. The van der Waals surface area contributed by atoms with Gasteiger partial charge in [0.1, 0.15) is 0 Å². The monoisotopic (exact) mass is 229 g/mol. The van der Waals surface area contributed by atoms with Crippen LogP contribution in [0.3, 0.4) is 0 Å². The van der Waals surface area contributed by atoms with Gasteiger partial charge in [-0.25, -0.2) is 0 Å². The average molecular weight is 229 g/mol. The van der Waals surface area contributed by atoms with Gasteiger partial charge in [-0.05, 0) is 18.1 Å². The molecule has 0 radical (unpaired) electrons. The van der Waals surface area contributed by atoms with Crippen LogP contribution in [0.4, 0.5) is 0 Å². The van der Waals surface area contributed by atoms with Crippen LogP contribution in [0.1, 0.15) is 24.9 Å². The highest BCUT2D eigenvalue weighted by atomic mass is 15.3. The van der Waals surface area contributed by atoms with Crippen LogP contribution in [0.5, 0.6) is 0 Å². The van der Waals surface area contributed by atoms with Gasteiger partial charge in [0, 0.05) is 25.0 Å². The fraction of sp³-hybridized carbons (Fsp3) is 0.357. The van der Waals surface area contributed by atoms with E-state index >= 15 is 0 Å². The molecule has 2 aromatic rings. The van der Waals surface area contributed by atoms with Crippen molar-refractivity contribution in [3.63, 3.8) is 0 Å². The van der Waals surface area contributed by atoms with Crippen LogP contribution in [-0.2, 0) is 6.54 Å². The third kappa shape index (κ3) is 3.43. The summed E-state index contributed by atoms with van der Waals surface area (Å²) in [6.07, 6.45) is 4.91. The largest absolute Gasteiger partial charge is 0.308 e. The Hall–Kier alpha value is -1.61. The van der Waals surface area contributed by atoms with Gasteiger partial charge in [0.05, 0.1) is 6.54 Å². The molecule has 0 bridgehead atoms. The second-order valence-electron chi connectivity index (χ2n) is 4.09. The molecule has 1 aromatic heterocycles. The van der Waals surface area contributed by atoms with Crippen LogP contribution in [-0.4, -0.2) is 16.3 Å². The summed E-state index contributed by atoms with van der Waals surface area (Å²) in [5, 5.41) is 7.75. The minimum Gasteiger partial charge on any atom is -0.308 e. The average Bonchev–Trinajstić information content (AvgIpc) is 2.89. The van der Waals surface area contributed by atoms with Crippen molar-refractivity contribution >= 4 is 0 Å². The van der Waals surface area contributed by atoms with Crippen LogP contribution in [0.2, 0.25) is 0 Å². The van der Waals surface area contributed by atoms with E-state index in [0.717, 1.165) is 19.5 Å². The van der Waals surface area contributed by atoms with Gasteiger partial charge in [0.2, 0.25) is 0 Å². The topological polar surface area (TPSA) is 29.9 Å². The number of hydrogen-bond donors (Lipinski definition) is 1. The number of nitrogens with zero attached hydrogens (tertiary/aromatic N) is 2. The van der Waals surface area contributed by atoms with E-state index in [0.29, 0.717) is 6.04 Å². The van der Waals surface area contributed by atoms with E-state index in [9.17, 15) is 0 Å². The van der Waals surface area contributed by atoms with Crippen molar-refractivity contribution in [3.05, 3.63) is 54.4 Å². The van der Waals surface area contributed by atoms with E-state index in [-0.39, 0.29) is 0 Å². The summed E-state index contributed by atoms with van der Waals surface area (Å²) in [5.41, 5.74) is 1.36. The first kappa shape index (κ1) is 11.9. The quantitative estimate of drug-likeness (QED) is 0.825. The zero-order valence-corrected chi connectivity index (χ0v) is 10.2. The van der Waals surface area contributed by atoms with Crippen molar-refractivity contribution in [1.82, 2.24) is 15.1 Å². The molecule has 0 aliphatic carbocycles. The molecule has 17 heavy (non-hydrogen) atoms. The van der Waals surface area contributed by atoms with Gasteiger partial charge in [0.15, 0.2) is 0 Å². The van der Waals surface area contributed by atoms with Gasteiger partial charge >= 0.3 is 0 Å². The highest BCUT2D eigenvalue weighted by Gasteiger charge is 2.06. The molecular formula is C14H19N3. The molecule has 1 heterocycles. The molecule has 0 aliphatic rings. The van der Waals surface area contributed by atoms with E-state index in [4.69, 9.17) is 0 Å². The Morgan fingerprint density at radius 2 is 2.06 bits per heavy atom. The first-order chi connectivity index (χ1) is 8.40. The molecule has 0 amide bonds. The number of nitrogens with one attached hydrogen (secondary N) is 1. The Kier molecular flexibility index (Phi) is 4.33. The SMILES string of the molecule is CC[C@@H](NCCn1cccn1)c1ccccc1. The number of hydrogen-bond acceptors (Lipinski definition) is 2. The molecule has 0 spiro atoms. The molecular weight excluding hydrogens is 210 g/mol. The molecule has 0 saturated heterocycles. The lowest BCUT2D eigenvalue weighted by molar-refractivity contribution is 0.477. The molecule has 1 aromatic carbocycles. The van der Waals surface area contributed by atoms with Crippen molar-refractivity contribution in [2.45, 2.75) is 25.9 Å². The van der Waals surface area contributed by atoms with E-state index < -0.39 is 0 Å². The lowest BCUT2D eigenvalue weighted by Crippen LogP contribution is -2.25. The third-order valence-corrected chi connectivity index (χ3v) is 2.90. The number of aromatic nitrogens is 2. The third-order valence-electron chi connectivity index (χ3n) is 2.90. The molecule has 0 saturated carbocycles. The highest BCUT2D eigenvalue weighted by molar-refractivity contribution is 5.18. The second-order valence-corrected chi connectivity index (χ2v) is 4.09. The summed E-state index contributed by atoms with van der Waals surface area (Å²) < 4.78 is 1.95. The maximum atomic E-state index is 4.19. The van der Waals surface area contributed by atoms with E-state index in [1.54, 1.807) is 0 Å². The Balaban J connectivity index is 1.84. The summed E-state index contributed by atoms with van der Waals surface area (Å²) in [5.74, 6) is 0. The van der Waals surface area contributed by atoms with Crippen LogP contribution in [0.25, 0.3) is 0 Å². The first-order valence-corrected chi connectivity index (χ1v) is 6.16. The zero-order chi connectivity index (χ0) is 11.9. The van der Waals surface area contributed by atoms with E-state index in [2.05, 4.69) is 47.7 Å². The standard InChI is InChI=1S/C14H19N3/c1-2-14(13-7-4-3-5-8-13)15-10-12-17-11-6-9-16-17/h3-9,11,14-15H,2,10,12H2,1H3/t14-/m1/s1. The van der Waals surface area contributed by atoms with Gasteiger partial charge in [-0.15, -0.1) is 0 Å². The lowest BCUT2D eigenvalue weighted by Gasteiger charge is -2.17. The zero-order valence-electron chi connectivity index (χ0n) is 10.2. The number of rotatable bonds is 6. The molecule has 1 atom stereocenters. The van der Waals surface area contributed by atoms with Gasteiger partial charge < -0.3 is 5.32 Å². The van der Waals surface area contributed by atoms with Crippen molar-refractivity contribution in [2.24, 2.45) is 0 Å². The normalized spacial score (nSPS) is 12.5. The fourth-order valence-corrected chi connectivity index (χ4v) is 1.97. The van der Waals surface area contributed by atoms with Crippen LogP contribution in [0.15, 0.2) is 48.8 Å². The van der Waals surface area contributed by atoms with E-state index in [1.165, 1.54) is 5.56 Å². The number of benzene rings is 1. The Bertz CT molecular complexity index is 408. The Morgan fingerprint density at radius 3 is 2.71 bits per heavy atom. The summed E-state index contributed by atoms with van der Waals surface area (Å²) in [7, 11) is 0. The highest BCUT2D eigenvalue weighted by Crippen LogP contribution is 2.15. The summed E-state index contributed by atoms with van der Waals surface area (Å²) >= 11 is 0. The smallest absolute Gasteiger partial charge is 0.0534 e. The molecule has 90 valence electrons. The molecule has 3 nitrogen and oxygen atoms in total. The van der Waals surface area contributed by atoms with Gasteiger partial charge in [0.25, 0.3) is 0 Å². The minimum atomic E-state index is 0.437. The fourth-order valence-electron chi connectivity index (χ4n) is 1.97. The van der Waals surface area contributed by atoms with Crippen molar-refractivity contribution in [3.8, 4) is 0 Å². The van der Waals surface area contributed by atoms with Crippen molar-refractivity contribution < 1.29 is 0 Å². The Labute approximate surface area is 102 Å². The maximum absolute atomic E-state index is 4.19. The Morgan fingerprint density at radius 1 is 1.24 bits per heavy atom. The van der Waals surface area contributed by atoms with Gasteiger partial charge in [-0.3, -0.25) is 4.68 Å². The van der Waals surface area contributed by atoms with Crippen molar-refractivity contribution in [2.75, 3.05) is 6.54 Å². The first-order valence-electron chi connectivity index (χ1n) is 6.16. The lowest BCUT2D eigenvalue weighted by atomic mass is 10.1. The van der Waals surface area contributed by atoms with Crippen LogP contribution >= 0.6 is 0 Å². The maximum Gasteiger partial charge on any atom is 0.0534 e. The minimum absolute atomic E-state index is 0.437. The molecule has 0 unspecified atom stereocenters. The van der Waals surface area contributed by atoms with Gasteiger partial charge in [-0.1, -0.05) is 37.3 Å². The summed E-state index contributed by atoms with van der Waals surface area (Å²) in [4.78, 5) is 0. The molecule has 2 rings (SSSR count).